The summed E-state index contributed by atoms with van der Waals surface area (Å²) in [6.07, 6.45) is -3.27. The lowest BCUT2D eigenvalue weighted by atomic mass is 10.0. The molecule has 0 atom stereocenters. The fraction of sp³-hybridized carbons (Fsp3) is 0.0909. The van der Waals surface area contributed by atoms with Gasteiger partial charge in [0.1, 0.15) is 6.33 Å². The molecule has 150 valence electrons. The van der Waals surface area contributed by atoms with Crippen molar-refractivity contribution in [1.82, 2.24) is 14.8 Å². The maximum absolute atomic E-state index is 14.2. The fourth-order valence-corrected chi connectivity index (χ4v) is 3.62. The zero-order chi connectivity index (χ0) is 20.9. The predicted octanol–water partition coefficient (Wildman–Crippen LogP) is 6.08. The summed E-state index contributed by atoms with van der Waals surface area (Å²) in [5.74, 6) is 1.33. The molecule has 3 aromatic carbocycles. The topological polar surface area (TPSA) is 43.2 Å². The summed E-state index contributed by atoms with van der Waals surface area (Å²) in [5.41, 5.74) is 0.647. The van der Waals surface area contributed by atoms with Crippen molar-refractivity contribution in [2.24, 2.45) is 7.05 Å². The Morgan fingerprint density at radius 2 is 1.47 bits per heavy atom. The van der Waals surface area contributed by atoms with Crippen LogP contribution in [0, 0.1) is 0 Å². The highest BCUT2D eigenvalue weighted by atomic mass is 19.4. The second-order valence-electron chi connectivity index (χ2n) is 6.81. The molecule has 0 N–H and O–H groups in total. The SMILES string of the molecule is Cn1ncnc1-c1ccc(N2c3ccccc3Oc3ccccc32)c(C(F)(F)F)c1. The molecule has 0 unspecified atom stereocenters. The van der Waals surface area contributed by atoms with E-state index in [-0.39, 0.29) is 5.69 Å². The number of aryl methyl sites for hydroxylation is 1. The van der Waals surface area contributed by atoms with Crippen molar-refractivity contribution in [1.29, 1.82) is 0 Å². The van der Waals surface area contributed by atoms with Gasteiger partial charge in [-0.3, -0.25) is 0 Å². The van der Waals surface area contributed by atoms with Gasteiger partial charge in [-0.25, -0.2) is 9.67 Å². The summed E-state index contributed by atoms with van der Waals surface area (Å²) in [6.45, 7) is 0. The molecule has 0 radical (unpaired) electrons. The number of fused-ring (bicyclic) bond motifs is 2. The van der Waals surface area contributed by atoms with E-state index in [0.717, 1.165) is 6.07 Å². The number of para-hydroxylation sites is 4. The van der Waals surface area contributed by atoms with Crippen molar-refractivity contribution >= 4 is 17.1 Å². The summed E-state index contributed by atoms with van der Waals surface area (Å²) < 4.78 is 49.9. The molecule has 0 aliphatic carbocycles. The highest BCUT2D eigenvalue weighted by molar-refractivity contribution is 5.88. The molecule has 1 aromatic heterocycles. The Morgan fingerprint density at radius 1 is 0.833 bits per heavy atom. The lowest BCUT2D eigenvalue weighted by Gasteiger charge is -2.34. The minimum atomic E-state index is -4.58. The monoisotopic (exact) mass is 408 g/mol. The third-order valence-corrected chi connectivity index (χ3v) is 4.94. The van der Waals surface area contributed by atoms with Crippen LogP contribution >= 0.6 is 0 Å². The number of hydrogen-bond acceptors (Lipinski definition) is 4. The molecule has 1 aliphatic heterocycles. The molecular weight excluding hydrogens is 393 g/mol. The Kier molecular flexibility index (Phi) is 4.02. The van der Waals surface area contributed by atoms with E-state index in [1.165, 1.54) is 17.1 Å². The number of ether oxygens (including phenoxy) is 1. The van der Waals surface area contributed by atoms with Crippen molar-refractivity contribution in [3.05, 3.63) is 78.6 Å². The molecule has 0 fully saturated rings. The number of nitrogens with zero attached hydrogens (tertiary/aromatic N) is 4. The third-order valence-electron chi connectivity index (χ3n) is 4.94. The summed E-state index contributed by atoms with van der Waals surface area (Å²) in [5, 5.41) is 3.95. The summed E-state index contributed by atoms with van der Waals surface area (Å²) in [4.78, 5) is 5.65. The minimum absolute atomic E-state index is 0.0108. The predicted molar refractivity (Wildman–Crippen MR) is 106 cm³/mol. The Morgan fingerprint density at radius 3 is 2.03 bits per heavy atom. The van der Waals surface area contributed by atoms with Crippen LogP contribution in [0.25, 0.3) is 11.4 Å². The van der Waals surface area contributed by atoms with E-state index in [1.54, 1.807) is 66.5 Å². The van der Waals surface area contributed by atoms with E-state index in [9.17, 15) is 13.2 Å². The van der Waals surface area contributed by atoms with Gasteiger partial charge in [-0.1, -0.05) is 24.3 Å². The van der Waals surface area contributed by atoms with Crippen LogP contribution in [-0.2, 0) is 13.2 Å². The van der Waals surface area contributed by atoms with Crippen LogP contribution in [0.1, 0.15) is 5.56 Å². The molecule has 0 saturated carbocycles. The smallest absolute Gasteiger partial charge is 0.418 e. The van der Waals surface area contributed by atoms with Crippen molar-refractivity contribution in [3.63, 3.8) is 0 Å². The number of hydrogen-bond donors (Lipinski definition) is 0. The molecule has 5 nitrogen and oxygen atoms in total. The maximum atomic E-state index is 14.2. The van der Waals surface area contributed by atoms with Crippen LogP contribution in [-0.4, -0.2) is 14.8 Å². The zero-order valence-corrected chi connectivity index (χ0v) is 15.8. The van der Waals surface area contributed by atoms with Gasteiger partial charge in [0.15, 0.2) is 17.3 Å². The van der Waals surface area contributed by atoms with E-state index >= 15 is 0 Å². The van der Waals surface area contributed by atoms with Crippen molar-refractivity contribution < 1.29 is 17.9 Å². The molecule has 8 heteroatoms. The molecule has 4 aromatic rings. The standard InChI is InChI=1S/C22H15F3N4O/c1-28-21(26-13-27-28)14-10-11-16(15(12-14)22(23,24)25)29-17-6-2-4-8-19(17)30-20-9-5-3-7-18(20)29/h2-13H,1H3. The van der Waals surface area contributed by atoms with Crippen molar-refractivity contribution in [3.8, 4) is 22.9 Å². The molecule has 0 saturated heterocycles. The average Bonchev–Trinajstić information content (AvgIpc) is 3.17. The van der Waals surface area contributed by atoms with E-state index in [4.69, 9.17) is 4.74 Å². The minimum Gasteiger partial charge on any atom is -0.453 e. The van der Waals surface area contributed by atoms with Gasteiger partial charge < -0.3 is 9.64 Å². The molecule has 0 amide bonds. The second-order valence-corrected chi connectivity index (χ2v) is 6.81. The Hall–Kier alpha value is -3.81. The lowest BCUT2D eigenvalue weighted by molar-refractivity contribution is -0.137. The summed E-state index contributed by atoms with van der Waals surface area (Å²) in [7, 11) is 1.64. The van der Waals surface area contributed by atoms with Crippen molar-refractivity contribution in [2.45, 2.75) is 6.18 Å². The van der Waals surface area contributed by atoms with Gasteiger partial charge >= 0.3 is 6.18 Å². The number of alkyl halides is 3. The number of rotatable bonds is 2. The Balaban J connectivity index is 1.76. The van der Waals surface area contributed by atoms with E-state index < -0.39 is 11.7 Å². The molecule has 2 heterocycles. The van der Waals surface area contributed by atoms with Gasteiger partial charge in [-0.05, 0) is 42.5 Å². The highest BCUT2D eigenvalue weighted by Gasteiger charge is 2.38. The van der Waals surface area contributed by atoms with Gasteiger partial charge in [-0.15, -0.1) is 0 Å². The lowest BCUT2D eigenvalue weighted by Crippen LogP contribution is -2.20. The largest absolute Gasteiger partial charge is 0.453 e. The zero-order valence-electron chi connectivity index (χ0n) is 15.8. The maximum Gasteiger partial charge on any atom is 0.418 e. The Bertz CT molecular complexity index is 1200. The van der Waals surface area contributed by atoms with Crippen LogP contribution in [0.2, 0.25) is 0 Å². The first-order valence-electron chi connectivity index (χ1n) is 9.15. The van der Waals surface area contributed by atoms with Gasteiger partial charge in [0, 0.05) is 12.6 Å². The van der Waals surface area contributed by atoms with Gasteiger partial charge in [0.2, 0.25) is 0 Å². The first-order chi connectivity index (χ1) is 14.4. The number of benzene rings is 3. The van der Waals surface area contributed by atoms with E-state index in [2.05, 4.69) is 10.1 Å². The molecule has 30 heavy (non-hydrogen) atoms. The van der Waals surface area contributed by atoms with Crippen LogP contribution in [0.15, 0.2) is 73.1 Å². The molecular formula is C22H15F3N4O. The highest BCUT2D eigenvalue weighted by Crippen LogP contribution is 2.52. The van der Waals surface area contributed by atoms with Gasteiger partial charge in [-0.2, -0.15) is 18.3 Å². The Labute approximate surface area is 170 Å². The van der Waals surface area contributed by atoms with Crippen molar-refractivity contribution in [2.75, 3.05) is 4.90 Å². The second kappa shape index (κ2) is 6.62. The first-order valence-corrected chi connectivity index (χ1v) is 9.15. The number of halogens is 3. The first kappa shape index (κ1) is 18.2. The van der Waals surface area contributed by atoms with E-state index in [0.29, 0.717) is 34.3 Å². The normalized spacial score (nSPS) is 12.9. The number of aromatic nitrogens is 3. The molecule has 5 rings (SSSR count). The fourth-order valence-electron chi connectivity index (χ4n) is 3.62. The quantitative estimate of drug-likeness (QED) is 0.355. The average molecular weight is 408 g/mol. The van der Waals surface area contributed by atoms with Crippen LogP contribution < -0.4 is 9.64 Å². The van der Waals surface area contributed by atoms with Gasteiger partial charge in [0.05, 0.1) is 22.6 Å². The van der Waals surface area contributed by atoms with Crippen LogP contribution in [0.4, 0.5) is 30.2 Å². The van der Waals surface area contributed by atoms with Crippen LogP contribution in [0.5, 0.6) is 11.5 Å². The summed E-state index contributed by atoms with van der Waals surface area (Å²) in [6, 6.07) is 18.2. The summed E-state index contributed by atoms with van der Waals surface area (Å²) >= 11 is 0. The van der Waals surface area contributed by atoms with Gasteiger partial charge in [0.25, 0.3) is 0 Å². The molecule has 0 spiro atoms. The van der Waals surface area contributed by atoms with E-state index in [1.807, 2.05) is 0 Å². The third kappa shape index (κ3) is 2.88. The molecule has 1 aliphatic rings. The molecule has 0 bridgehead atoms. The number of anilines is 3. The van der Waals surface area contributed by atoms with Crippen LogP contribution in [0.3, 0.4) is 0 Å².